The van der Waals surface area contributed by atoms with E-state index in [4.69, 9.17) is 0 Å². The van der Waals surface area contributed by atoms with E-state index in [1.54, 1.807) is 10.4 Å². The summed E-state index contributed by atoms with van der Waals surface area (Å²) in [4.78, 5) is 2.80. The number of nitrogens with zero attached hydrogens (tertiary/aromatic N) is 2. The van der Waals surface area contributed by atoms with Gasteiger partial charge in [0.2, 0.25) is 10.0 Å². The van der Waals surface area contributed by atoms with Gasteiger partial charge in [0.05, 0.1) is 17.0 Å². The molecule has 4 aromatic rings. The number of fused-ring (bicyclic) bond motifs is 3. The van der Waals surface area contributed by atoms with Gasteiger partial charge in [0, 0.05) is 37.8 Å². The van der Waals surface area contributed by atoms with Crippen LogP contribution in [0.15, 0.2) is 120 Å². The Hall–Kier alpha value is -3.71. The summed E-state index contributed by atoms with van der Waals surface area (Å²) in [5, 5.41) is 3.76. The Morgan fingerprint density at radius 3 is 2.07 bits per heavy atom. The molecule has 2 aliphatic heterocycles. The van der Waals surface area contributed by atoms with Crippen LogP contribution < -0.4 is 5.32 Å². The first-order valence-electron chi connectivity index (χ1n) is 15.0. The zero-order chi connectivity index (χ0) is 28.7. The largest absolute Gasteiger partial charge is 0.378 e. The van der Waals surface area contributed by atoms with Crippen molar-refractivity contribution in [2.45, 2.75) is 36.2 Å². The number of anilines is 1. The van der Waals surface area contributed by atoms with Crippen molar-refractivity contribution in [1.29, 1.82) is 0 Å². The molecule has 1 fully saturated rings. The third kappa shape index (κ3) is 4.98. The Labute approximate surface area is 249 Å². The fraction of sp³-hybridized carbons (Fsp3) is 0.278. The Morgan fingerprint density at radius 2 is 1.43 bits per heavy atom. The molecule has 0 amide bonds. The van der Waals surface area contributed by atoms with E-state index in [9.17, 15) is 8.42 Å². The van der Waals surface area contributed by atoms with Crippen LogP contribution in [0.25, 0.3) is 0 Å². The third-order valence-corrected chi connectivity index (χ3v) is 11.2. The number of sulfonamides is 1. The SMILES string of the molecule is Cc1ccc(C2Nc3ccc(S(=O)(=O)N4CCN(C(c5ccccc5)c5ccccc5)CC4)cc3C3C=CCC32)cc1. The number of nitrogens with one attached hydrogen (secondary N) is 1. The van der Waals surface area contributed by atoms with Crippen molar-refractivity contribution in [3.8, 4) is 0 Å². The lowest BCUT2D eigenvalue weighted by atomic mass is 9.77. The average molecular weight is 576 g/mol. The number of hydrogen-bond acceptors (Lipinski definition) is 4. The van der Waals surface area contributed by atoms with Crippen molar-refractivity contribution < 1.29 is 8.42 Å². The molecule has 3 unspecified atom stereocenters. The van der Waals surface area contributed by atoms with Crippen LogP contribution in [0.3, 0.4) is 0 Å². The first kappa shape index (κ1) is 27.1. The molecule has 0 bridgehead atoms. The van der Waals surface area contributed by atoms with Crippen LogP contribution >= 0.6 is 0 Å². The first-order chi connectivity index (χ1) is 20.5. The maximum absolute atomic E-state index is 14.0. The van der Waals surface area contributed by atoms with Crippen molar-refractivity contribution in [3.05, 3.63) is 143 Å². The Morgan fingerprint density at radius 1 is 0.786 bits per heavy atom. The number of aryl methyl sites for hydroxylation is 1. The molecule has 1 aliphatic carbocycles. The van der Waals surface area contributed by atoms with Gasteiger partial charge in [0.1, 0.15) is 0 Å². The first-order valence-corrected chi connectivity index (χ1v) is 16.4. The van der Waals surface area contributed by atoms with Gasteiger partial charge in [0.25, 0.3) is 0 Å². The molecule has 4 aromatic carbocycles. The lowest BCUT2D eigenvalue weighted by Crippen LogP contribution is -2.49. The average Bonchev–Trinajstić information content (AvgIpc) is 3.53. The second kappa shape index (κ2) is 11.2. The third-order valence-electron chi connectivity index (χ3n) is 9.28. The van der Waals surface area contributed by atoms with Crippen LogP contribution in [-0.2, 0) is 10.0 Å². The van der Waals surface area contributed by atoms with Gasteiger partial charge in [0.15, 0.2) is 0 Å². The molecule has 0 saturated carbocycles. The summed E-state index contributed by atoms with van der Waals surface area (Å²) in [7, 11) is -3.62. The molecular weight excluding hydrogens is 538 g/mol. The van der Waals surface area contributed by atoms with Crippen molar-refractivity contribution in [3.63, 3.8) is 0 Å². The highest BCUT2D eigenvalue weighted by atomic mass is 32.2. The molecule has 42 heavy (non-hydrogen) atoms. The second-order valence-electron chi connectivity index (χ2n) is 11.8. The molecular formula is C36H37N3O2S. The van der Waals surface area contributed by atoms with E-state index in [1.807, 2.05) is 24.3 Å². The molecule has 1 saturated heterocycles. The van der Waals surface area contributed by atoms with Crippen LogP contribution in [0.1, 0.15) is 52.2 Å². The summed E-state index contributed by atoms with van der Waals surface area (Å²) in [5.41, 5.74) is 7.11. The van der Waals surface area contributed by atoms with E-state index in [1.165, 1.54) is 22.3 Å². The highest BCUT2D eigenvalue weighted by Gasteiger charge is 2.39. The molecule has 7 rings (SSSR count). The summed E-state index contributed by atoms with van der Waals surface area (Å²) in [5.74, 6) is 0.576. The highest BCUT2D eigenvalue weighted by molar-refractivity contribution is 7.89. The fourth-order valence-corrected chi connectivity index (χ4v) is 8.53. The topological polar surface area (TPSA) is 52.7 Å². The van der Waals surface area contributed by atoms with E-state index >= 15 is 0 Å². The molecule has 6 heteroatoms. The van der Waals surface area contributed by atoms with Gasteiger partial charge in [-0.15, -0.1) is 0 Å². The van der Waals surface area contributed by atoms with Gasteiger partial charge in [-0.2, -0.15) is 4.31 Å². The molecule has 214 valence electrons. The van der Waals surface area contributed by atoms with Crippen LogP contribution in [0, 0.1) is 12.8 Å². The lowest BCUT2D eigenvalue weighted by Gasteiger charge is -2.40. The number of piperazine rings is 1. The van der Waals surface area contributed by atoms with Crippen LogP contribution in [0.5, 0.6) is 0 Å². The molecule has 5 nitrogen and oxygen atoms in total. The minimum Gasteiger partial charge on any atom is -0.378 e. The minimum atomic E-state index is -3.62. The molecule has 0 aromatic heterocycles. The summed E-state index contributed by atoms with van der Waals surface area (Å²) in [6.45, 7) is 4.39. The summed E-state index contributed by atoms with van der Waals surface area (Å²) < 4.78 is 29.6. The van der Waals surface area contributed by atoms with Gasteiger partial charge in [-0.05, 0) is 59.7 Å². The molecule has 0 radical (unpaired) electrons. The zero-order valence-corrected chi connectivity index (χ0v) is 24.8. The monoisotopic (exact) mass is 575 g/mol. The van der Waals surface area contributed by atoms with Crippen molar-refractivity contribution in [1.82, 2.24) is 9.21 Å². The van der Waals surface area contributed by atoms with Gasteiger partial charge >= 0.3 is 0 Å². The quantitative estimate of drug-likeness (QED) is 0.254. The Kier molecular flexibility index (Phi) is 7.22. The van der Waals surface area contributed by atoms with Crippen LogP contribution in [0.2, 0.25) is 0 Å². The molecule has 2 heterocycles. The number of benzene rings is 4. The summed E-state index contributed by atoms with van der Waals surface area (Å²) in [6, 6.07) is 35.8. The standard InChI is InChI=1S/C36H37N3O2S/c1-26-15-17-27(18-16-26)35-32-14-8-13-31(32)33-25-30(19-20-34(33)37-35)42(40,41)39-23-21-38(22-24-39)36(28-9-4-2-5-10-28)29-11-6-3-7-12-29/h2-13,15-20,25,31-32,35-37H,14,21-24H2,1H3. The molecule has 0 spiro atoms. The Balaban J connectivity index is 1.12. The van der Waals surface area contributed by atoms with Gasteiger partial charge in [-0.25, -0.2) is 8.42 Å². The van der Waals surface area contributed by atoms with E-state index in [0.717, 1.165) is 17.7 Å². The van der Waals surface area contributed by atoms with Crippen molar-refractivity contribution in [2.24, 2.45) is 5.92 Å². The van der Waals surface area contributed by atoms with E-state index in [-0.39, 0.29) is 18.0 Å². The van der Waals surface area contributed by atoms with Gasteiger partial charge < -0.3 is 5.32 Å². The van der Waals surface area contributed by atoms with Crippen LogP contribution in [-0.4, -0.2) is 43.8 Å². The normalized spacial score (nSPS) is 22.5. The van der Waals surface area contributed by atoms with Crippen molar-refractivity contribution in [2.75, 3.05) is 31.5 Å². The maximum Gasteiger partial charge on any atom is 0.243 e. The predicted molar refractivity (Wildman–Crippen MR) is 169 cm³/mol. The number of rotatable bonds is 6. The summed E-state index contributed by atoms with van der Waals surface area (Å²) >= 11 is 0. The number of hydrogen-bond donors (Lipinski definition) is 1. The smallest absolute Gasteiger partial charge is 0.243 e. The summed E-state index contributed by atoms with van der Waals surface area (Å²) in [6.07, 6.45) is 5.51. The van der Waals surface area contributed by atoms with E-state index in [0.29, 0.717) is 37.0 Å². The zero-order valence-electron chi connectivity index (χ0n) is 23.9. The Bertz CT molecular complexity index is 1640. The molecule has 1 N–H and O–H groups in total. The highest BCUT2D eigenvalue weighted by Crippen LogP contribution is 2.50. The van der Waals surface area contributed by atoms with Gasteiger partial charge in [-0.3, -0.25) is 4.90 Å². The van der Waals surface area contributed by atoms with Crippen molar-refractivity contribution >= 4 is 15.7 Å². The minimum absolute atomic E-state index is 0.0969. The second-order valence-corrected chi connectivity index (χ2v) is 13.7. The van der Waals surface area contributed by atoms with Crippen LogP contribution in [0.4, 0.5) is 5.69 Å². The fourth-order valence-electron chi connectivity index (χ4n) is 7.07. The van der Waals surface area contributed by atoms with Gasteiger partial charge in [-0.1, -0.05) is 103 Å². The molecule has 3 atom stereocenters. The molecule has 3 aliphatic rings. The predicted octanol–water partition coefficient (Wildman–Crippen LogP) is 6.92. The van der Waals surface area contributed by atoms with E-state index < -0.39 is 10.0 Å². The number of allylic oxidation sites excluding steroid dienone is 2. The van der Waals surface area contributed by atoms with E-state index in [2.05, 4.69) is 102 Å². The maximum atomic E-state index is 14.0. The lowest BCUT2D eigenvalue weighted by molar-refractivity contribution is 0.156.